The van der Waals surface area contributed by atoms with Crippen LogP contribution in [0.1, 0.15) is 16.1 Å². The first kappa shape index (κ1) is 19.2. The van der Waals surface area contributed by atoms with Crippen LogP contribution in [-0.4, -0.2) is 31.2 Å². The maximum atomic E-state index is 12.3. The highest BCUT2D eigenvalue weighted by molar-refractivity contribution is 5.93. The van der Waals surface area contributed by atoms with Gasteiger partial charge in [-0.1, -0.05) is 30.3 Å². The van der Waals surface area contributed by atoms with Crippen molar-refractivity contribution < 1.29 is 14.3 Å². The van der Waals surface area contributed by atoms with Crippen LogP contribution in [0.25, 0.3) is 0 Å². The highest BCUT2D eigenvalue weighted by Crippen LogP contribution is 2.16. The Morgan fingerprint density at radius 3 is 2.50 bits per heavy atom. The third-order valence-corrected chi connectivity index (χ3v) is 4.05. The Balaban J connectivity index is 1.44. The standard InChI is InChI=1S/C22H23N3O3/c1-27-19-7-9-20(10-8-19)28-14-13-24-22(26)21-15-18(11-12-23-21)25-16-17-5-3-2-4-6-17/h2-12,15H,13-14,16H2,1H3,(H,23,25)(H,24,26). The van der Waals surface area contributed by atoms with Gasteiger partial charge in [-0.15, -0.1) is 0 Å². The second-order valence-corrected chi connectivity index (χ2v) is 6.05. The van der Waals surface area contributed by atoms with Crippen molar-refractivity contribution in [3.05, 3.63) is 84.2 Å². The lowest BCUT2D eigenvalue weighted by Crippen LogP contribution is -2.28. The Labute approximate surface area is 164 Å². The van der Waals surface area contributed by atoms with Gasteiger partial charge in [0.25, 0.3) is 5.91 Å². The maximum Gasteiger partial charge on any atom is 0.270 e. The number of hydrogen-bond donors (Lipinski definition) is 2. The molecule has 0 aliphatic rings. The normalized spacial score (nSPS) is 10.2. The van der Waals surface area contributed by atoms with Gasteiger partial charge in [0.15, 0.2) is 0 Å². The molecule has 0 atom stereocenters. The highest BCUT2D eigenvalue weighted by Gasteiger charge is 2.07. The van der Waals surface area contributed by atoms with E-state index in [4.69, 9.17) is 9.47 Å². The third kappa shape index (κ3) is 5.74. The lowest BCUT2D eigenvalue weighted by Gasteiger charge is -2.10. The number of carbonyl (C=O) groups is 1. The molecule has 144 valence electrons. The summed E-state index contributed by atoms with van der Waals surface area (Å²) < 4.78 is 10.7. The van der Waals surface area contributed by atoms with Gasteiger partial charge >= 0.3 is 0 Å². The van der Waals surface area contributed by atoms with Crippen LogP contribution in [0, 0.1) is 0 Å². The molecule has 0 spiro atoms. The number of ether oxygens (including phenoxy) is 2. The Bertz CT molecular complexity index is 883. The van der Waals surface area contributed by atoms with Gasteiger partial charge in [-0.3, -0.25) is 9.78 Å². The quantitative estimate of drug-likeness (QED) is 0.558. The van der Waals surface area contributed by atoms with E-state index < -0.39 is 0 Å². The molecule has 0 saturated heterocycles. The summed E-state index contributed by atoms with van der Waals surface area (Å²) >= 11 is 0. The molecule has 0 aliphatic heterocycles. The molecule has 1 heterocycles. The van der Waals surface area contributed by atoms with Crippen molar-refractivity contribution in [1.29, 1.82) is 0 Å². The molecule has 0 radical (unpaired) electrons. The van der Waals surface area contributed by atoms with Crippen molar-refractivity contribution in [2.45, 2.75) is 6.54 Å². The minimum Gasteiger partial charge on any atom is -0.497 e. The number of amides is 1. The highest BCUT2D eigenvalue weighted by atomic mass is 16.5. The van der Waals surface area contributed by atoms with Gasteiger partial charge < -0.3 is 20.1 Å². The monoisotopic (exact) mass is 377 g/mol. The number of aromatic nitrogens is 1. The number of benzene rings is 2. The molecule has 2 N–H and O–H groups in total. The van der Waals surface area contributed by atoms with Crippen molar-refractivity contribution in [1.82, 2.24) is 10.3 Å². The van der Waals surface area contributed by atoms with Crippen molar-refractivity contribution in [2.75, 3.05) is 25.6 Å². The molecule has 0 aliphatic carbocycles. The van der Waals surface area contributed by atoms with Crippen LogP contribution in [-0.2, 0) is 6.54 Å². The van der Waals surface area contributed by atoms with Crippen molar-refractivity contribution in [3.8, 4) is 11.5 Å². The van der Waals surface area contributed by atoms with Gasteiger partial charge in [-0.2, -0.15) is 0 Å². The Morgan fingerprint density at radius 1 is 1.00 bits per heavy atom. The summed E-state index contributed by atoms with van der Waals surface area (Å²) in [5, 5.41) is 6.11. The van der Waals surface area contributed by atoms with E-state index in [0.29, 0.717) is 25.4 Å². The van der Waals surface area contributed by atoms with Gasteiger partial charge in [0.05, 0.1) is 13.7 Å². The van der Waals surface area contributed by atoms with Gasteiger partial charge in [-0.25, -0.2) is 0 Å². The van der Waals surface area contributed by atoms with E-state index >= 15 is 0 Å². The van der Waals surface area contributed by atoms with Crippen LogP contribution in [0.4, 0.5) is 5.69 Å². The Hall–Kier alpha value is -3.54. The van der Waals surface area contributed by atoms with E-state index in [2.05, 4.69) is 15.6 Å². The lowest BCUT2D eigenvalue weighted by atomic mass is 10.2. The molecular formula is C22H23N3O3. The molecule has 0 fully saturated rings. The molecule has 0 unspecified atom stereocenters. The van der Waals surface area contributed by atoms with Gasteiger partial charge in [0, 0.05) is 18.4 Å². The number of methoxy groups -OCH3 is 1. The summed E-state index contributed by atoms with van der Waals surface area (Å²) in [6.45, 7) is 1.43. The fourth-order valence-corrected chi connectivity index (χ4v) is 2.56. The van der Waals surface area contributed by atoms with Crippen LogP contribution in [0.3, 0.4) is 0 Å². The molecule has 2 aromatic carbocycles. The molecule has 28 heavy (non-hydrogen) atoms. The first-order chi connectivity index (χ1) is 13.7. The summed E-state index contributed by atoms with van der Waals surface area (Å²) in [4.78, 5) is 16.4. The second-order valence-electron chi connectivity index (χ2n) is 6.05. The first-order valence-corrected chi connectivity index (χ1v) is 9.03. The van der Waals surface area contributed by atoms with Crippen molar-refractivity contribution >= 4 is 11.6 Å². The number of pyridine rings is 1. The average molecular weight is 377 g/mol. The topological polar surface area (TPSA) is 72.5 Å². The second kappa shape index (κ2) is 9.97. The van der Waals surface area contributed by atoms with Crippen molar-refractivity contribution in [3.63, 3.8) is 0 Å². The fraction of sp³-hybridized carbons (Fsp3) is 0.182. The van der Waals surface area contributed by atoms with Crippen LogP contribution >= 0.6 is 0 Å². The molecule has 0 saturated carbocycles. The number of anilines is 1. The van der Waals surface area contributed by atoms with Crippen LogP contribution in [0.15, 0.2) is 72.9 Å². The molecule has 3 aromatic rings. The molecule has 3 rings (SSSR count). The smallest absolute Gasteiger partial charge is 0.270 e. The number of carbonyl (C=O) groups excluding carboxylic acids is 1. The molecule has 1 amide bonds. The molecule has 6 nitrogen and oxygen atoms in total. The van der Waals surface area contributed by atoms with Gasteiger partial charge in [0.2, 0.25) is 0 Å². The van der Waals surface area contributed by atoms with E-state index in [1.165, 1.54) is 5.56 Å². The Kier molecular flexibility index (Phi) is 6.84. The minimum absolute atomic E-state index is 0.235. The lowest BCUT2D eigenvalue weighted by molar-refractivity contribution is 0.0942. The predicted octanol–water partition coefficient (Wildman–Crippen LogP) is 3.51. The molecule has 6 heteroatoms. The summed E-state index contributed by atoms with van der Waals surface area (Å²) in [6.07, 6.45) is 1.62. The number of nitrogens with one attached hydrogen (secondary N) is 2. The van der Waals surface area contributed by atoms with E-state index in [0.717, 1.165) is 17.2 Å². The fourth-order valence-electron chi connectivity index (χ4n) is 2.56. The number of hydrogen-bond acceptors (Lipinski definition) is 5. The molecule has 0 bridgehead atoms. The largest absolute Gasteiger partial charge is 0.497 e. The van der Waals surface area contributed by atoms with Gasteiger partial charge in [-0.05, 0) is 42.0 Å². The predicted molar refractivity (Wildman–Crippen MR) is 109 cm³/mol. The average Bonchev–Trinajstić information content (AvgIpc) is 2.76. The summed E-state index contributed by atoms with van der Waals surface area (Å²) in [6, 6.07) is 20.9. The molecular weight excluding hydrogens is 354 g/mol. The van der Waals surface area contributed by atoms with E-state index in [-0.39, 0.29) is 5.91 Å². The number of nitrogens with zero attached hydrogens (tertiary/aromatic N) is 1. The third-order valence-electron chi connectivity index (χ3n) is 4.05. The summed E-state index contributed by atoms with van der Waals surface area (Å²) in [5.41, 5.74) is 2.38. The summed E-state index contributed by atoms with van der Waals surface area (Å²) in [5.74, 6) is 1.26. The minimum atomic E-state index is -0.235. The number of rotatable bonds is 9. The van der Waals surface area contributed by atoms with E-state index in [1.807, 2.05) is 60.7 Å². The van der Waals surface area contributed by atoms with Crippen LogP contribution in [0.2, 0.25) is 0 Å². The SMILES string of the molecule is COc1ccc(OCCNC(=O)c2cc(NCc3ccccc3)ccn2)cc1. The van der Waals surface area contributed by atoms with E-state index in [1.54, 1.807) is 19.4 Å². The first-order valence-electron chi connectivity index (χ1n) is 9.03. The zero-order valence-corrected chi connectivity index (χ0v) is 15.7. The Morgan fingerprint density at radius 2 is 1.75 bits per heavy atom. The summed E-state index contributed by atoms with van der Waals surface area (Å²) in [7, 11) is 1.62. The zero-order chi connectivity index (χ0) is 19.6. The maximum absolute atomic E-state index is 12.3. The van der Waals surface area contributed by atoms with Crippen LogP contribution in [0.5, 0.6) is 11.5 Å². The van der Waals surface area contributed by atoms with Gasteiger partial charge in [0.1, 0.15) is 23.8 Å². The zero-order valence-electron chi connectivity index (χ0n) is 15.7. The van der Waals surface area contributed by atoms with Crippen molar-refractivity contribution in [2.24, 2.45) is 0 Å². The molecule has 1 aromatic heterocycles. The van der Waals surface area contributed by atoms with Crippen LogP contribution < -0.4 is 20.1 Å². The van der Waals surface area contributed by atoms with E-state index in [9.17, 15) is 4.79 Å².